The Morgan fingerprint density at radius 1 is 1.21 bits per heavy atom. The minimum absolute atomic E-state index is 0.0186. The third-order valence-electron chi connectivity index (χ3n) is 4.21. The molecule has 2 aromatic rings. The Kier molecular flexibility index (Phi) is 4.12. The lowest BCUT2D eigenvalue weighted by Crippen LogP contribution is -2.43. The largest absolute Gasteiger partial charge is 0.409 e. The predicted molar refractivity (Wildman–Crippen MR) is 89.1 cm³/mol. The highest BCUT2D eigenvalue weighted by Gasteiger charge is 2.51. The SMILES string of the molecule is CC1(C)CN([C@@H](c2cc3ccccc3cc2Br)C(F)(F)F)NC1=O. The van der Waals surface area contributed by atoms with Crippen LogP contribution in [0.1, 0.15) is 25.5 Å². The molecule has 1 aliphatic rings. The van der Waals surface area contributed by atoms with Crippen molar-refractivity contribution in [3.8, 4) is 0 Å². The molecule has 2 aromatic carbocycles. The molecule has 0 aromatic heterocycles. The summed E-state index contributed by atoms with van der Waals surface area (Å²) < 4.78 is 41.8. The van der Waals surface area contributed by atoms with Crippen molar-refractivity contribution in [3.05, 3.63) is 46.4 Å². The van der Waals surface area contributed by atoms with Gasteiger partial charge in [-0.3, -0.25) is 10.2 Å². The molecule has 3 nitrogen and oxygen atoms in total. The Labute approximate surface area is 145 Å². The van der Waals surface area contributed by atoms with Crippen molar-refractivity contribution < 1.29 is 18.0 Å². The molecule has 128 valence electrons. The fraction of sp³-hybridized carbons (Fsp3) is 0.353. The lowest BCUT2D eigenvalue weighted by molar-refractivity contribution is -0.191. The number of carbonyl (C=O) groups is 1. The summed E-state index contributed by atoms with van der Waals surface area (Å²) in [4.78, 5) is 11.9. The maximum atomic E-state index is 13.8. The molecule has 0 radical (unpaired) electrons. The van der Waals surface area contributed by atoms with E-state index in [-0.39, 0.29) is 12.1 Å². The minimum atomic E-state index is -4.53. The van der Waals surface area contributed by atoms with Gasteiger partial charge >= 0.3 is 6.18 Å². The van der Waals surface area contributed by atoms with Crippen molar-refractivity contribution in [1.29, 1.82) is 0 Å². The Hall–Kier alpha value is -1.60. The number of alkyl halides is 3. The van der Waals surface area contributed by atoms with Crippen molar-refractivity contribution in [1.82, 2.24) is 10.4 Å². The van der Waals surface area contributed by atoms with Gasteiger partial charge in [0.15, 0.2) is 6.04 Å². The van der Waals surface area contributed by atoms with E-state index >= 15 is 0 Å². The molecule has 0 saturated carbocycles. The van der Waals surface area contributed by atoms with E-state index in [0.717, 1.165) is 15.8 Å². The van der Waals surface area contributed by atoms with E-state index < -0.39 is 23.5 Å². The number of nitrogens with zero attached hydrogens (tertiary/aromatic N) is 1. The third kappa shape index (κ3) is 3.02. The van der Waals surface area contributed by atoms with Crippen LogP contribution in [0, 0.1) is 5.41 Å². The zero-order chi connectivity index (χ0) is 17.7. The van der Waals surface area contributed by atoms with Gasteiger partial charge in [0.1, 0.15) is 0 Å². The van der Waals surface area contributed by atoms with Crippen LogP contribution >= 0.6 is 15.9 Å². The molecular weight excluding hydrogens is 385 g/mol. The Balaban J connectivity index is 2.11. The first-order chi connectivity index (χ1) is 11.1. The zero-order valence-corrected chi connectivity index (χ0v) is 14.7. The highest BCUT2D eigenvalue weighted by Crippen LogP contribution is 2.43. The molecule has 0 unspecified atom stereocenters. The number of fused-ring (bicyclic) bond motifs is 1. The highest BCUT2D eigenvalue weighted by molar-refractivity contribution is 9.10. The fourth-order valence-electron chi connectivity index (χ4n) is 2.94. The van der Waals surface area contributed by atoms with Crippen molar-refractivity contribution >= 4 is 32.6 Å². The Bertz CT molecular complexity index is 804. The number of carbonyl (C=O) groups excluding carboxylic acids is 1. The molecule has 24 heavy (non-hydrogen) atoms. The van der Waals surface area contributed by atoms with Gasteiger partial charge in [0.25, 0.3) is 0 Å². The van der Waals surface area contributed by atoms with Crippen molar-refractivity contribution in [2.24, 2.45) is 5.41 Å². The van der Waals surface area contributed by atoms with Crippen LogP contribution in [0.3, 0.4) is 0 Å². The van der Waals surface area contributed by atoms with Gasteiger partial charge in [-0.05, 0) is 42.3 Å². The molecule has 0 bridgehead atoms. The summed E-state index contributed by atoms with van der Waals surface area (Å²) in [5.41, 5.74) is 1.59. The van der Waals surface area contributed by atoms with Crippen LogP contribution in [0.5, 0.6) is 0 Å². The quantitative estimate of drug-likeness (QED) is 0.799. The number of halogens is 4. The average Bonchev–Trinajstić information content (AvgIpc) is 2.71. The maximum absolute atomic E-state index is 13.8. The van der Waals surface area contributed by atoms with Crippen LogP contribution in [0.4, 0.5) is 13.2 Å². The first kappa shape index (κ1) is 17.2. The Morgan fingerprint density at radius 3 is 2.29 bits per heavy atom. The van der Waals surface area contributed by atoms with Crippen LogP contribution in [0.25, 0.3) is 10.8 Å². The van der Waals surface area contributed by atoms with Crippen LogP contribution < -0.4 is 5.43 Å². The monoisotopic (exact) mass is 400 g/mol. The van der Waals surface area contributed by atoms with E-state index in [1.807, 2.05) is 12.1 Å². The molecule has 1 aliphatic heterocycles. The van der Waals surface area contributed by atoms with Crippen LogP contribution in [0.15, 0.2) is 40.9 Å². The summed E-state index contributed by atoms with van der Waals surface area (Å²) >= 11 is 3.26. The summed E-state index contributed by atoms with van der Waals surface area (Å²) in [6, 6.07) is 8.50. The summed E-state index contributed by atoms with van der Waals surface area (Å²) in [6.07, 6.45) is -4.53. The second-order valence-electron chi connectivity index (χ2n) is 6.62. The molecule has 1 fully saturated rings. The lowest BCUT2D eigenvalue weighted by Gasteiger charge is -2.30. The summed E-state index contributed by atoms with van der Waals surface area (Å²) in [5.74, 6) is -0.409. The maximum Gasteiger partial charge on any atom is 0.409 e. The molecule has 1 amide bonds. The van der Waals surface area contributed by atoms with Gasteiger partial charge in [0.2, 0.25) is 5.91 Å². The number of rotatable bonds is 2. The third-order valence-corrected chi connectivity index (χ3v) is 4.89. The number of hydrogen-bond acceptors (Lipinski definition) is 2. The van der Waals surface area contributed by atoms with Crippen LogP contribution in [0.2, 0.25) is 0 Å². The predicted octanol–water partition coefficient (Wildman–Crippen LogP) is 4.58. The van der Waals surface area contributed by atoms with E-state index in [1.54, 1.807) is 32.0 Å². The minimum Gasteiger partial charge on any atom is -0.287 e. The van der Waals surface area contributed by atoms with Gasteiger partial charge in [-0.25, -0.2) is 5.01 Å². The van der Waals surface area contributed by atoms with Crippen LogP contribution in [-0.4, -0.2) is 23.6 Å². The topological polar surface area (TPSA) is 32.3 Å². The van der Waals surface area contributed by atoms with E-state index in [4.69, 9.17) is 0 Å². The number of nitrogens with one attached hydrogen (secondary N) is 1. The number of hydrogen-bond donors (Lipinski definition) is 1. The van der Waals surface area contributed by atoms with E-state index in [0.29, 0.717) is 4.47 Å². The number of hydrazine groups is 1. The average molecular weight is 401 g/mol. The van der Waals surface area contributed by atoms with Gasteiger partial charge in [-0.1, -0.05) is 40.2 Å². The first-order valence-electron chi connectivity index (χ1n) is 7.42. The molecule has 7 heteroatoms. The van der Waals surface area contributed by atoms with Gasteiger partial charge in [0, 0.05) is 11.0 Å². The smallest absolute Gasteiger partial charge is 0.287 e. The molecule has 1 atom stereocenters. The molecule has 1 heterocycles. The molecule has 0 aliphatic carbocycles. The molecular formula is C17H16BrF3N2O. The van der Waals surface area contributed by atoms with Gasteiger partial charge < -0.3 is 0 Å². The second kappa shape index (κ2) is 5.74. The van der Waals surface area contributed by atoms with E-state index in [9.17, 15) is 18.0 Å². The first-order valence-corrected chi connectivity index (χ1v) is 8.21. The fourth-order valence-corrected chi connectivity index (χ4v) is 3.51. The van der Waals surface area contributed by atoms with Crippen molar-refractivity contribution in [2.75, 3.05) is 6.54 Å². The van der Waals surface area contributed by atoms with E-state index in [1.165, 1.54) is 6.07 Å². The summed E-state index contributed by atoms with van der Waals surface area (Å²) in [7, 11) is 0. The molecule has 1 saturated heterocycles. The van der Waals surface area contributed by atoms with Crippen LogP contribution in [-0.2, 0) is 4.79 Å². The zero-order valence-electron chi connectivity index (χ0n) is 13.1. The summed E-state index contributed by atoms with van der Waals surface area (Å²) in [6.45, 7) is 3.24. The Morgan fingerprint density at radius 2 is 1.79 bits per heavy atom. The van der Waals surface area contributed by atoms with Gasteiger partial charge in [0.05, 0.1) is 5.41 Å². The normalized spacial score (nSPS) is 19.5. The molecule has 0 spiro atoms. The molecule has 3 rings (SSSR count). The van der Waals surface area contributed by atoms with Crippen molar-refractivity contribution in [2.45, 2.75) is 26.1 Å². The number of benzene rings is 2. The summed E-state index contributed by atoms with van der Waals surface area (Å²) in [5, 5.41) is 2.55. The highest BCUT2D eigenvalue weighted by atomic mass is 79.9. The van der Waals surface area contributed by atoms with Gasteiger partial charge in [-0.2, -0.15) is 13.2 Å². The second-order valence-corrected chi connectivity index (χ2v) is 7.47. The lowest BCUT2D eigenvalue weighted by atomic mass is 9.93. The number of amides is 1. The standard InChI is InChI=1S/C17H16BrF3N2O/c1-16(2)9-23(22-15(16)24)14(17(19,20)21)12-7-10-5-3-4-6-11(10)8-13(12)18/h3-8,14H,9H2,1-2H3,(H,22,24)/t14-/m0/s1. The van der Waals surface area contributed by atoms with E-state index in [2.05, 4.69) is 21.4 Å². The van der Waals surface area contributed by atoms with Crippen molar-refractivity contribution in [3.63, 3.8) is 0 Å². The molecule has 1 N–H and O–H groups in total. The van der Waals surface area contributed by atoms with Gasteiger partial charge in [-0.15, -0.1) is 0 Å².